The third kappa shape index (κ3) is 3.40. The molecule has 0 aromatic heterocycles. The van der Waals surface area contributed by atoms with Crippen molar-refractivity contribution in [3.8, 4) is 5.75 Å². The van der Waals surface area contributed by atoms with Crippen LogP contribution < -0.4 is 9.64 Å². The summed E-state index contributed by atoms with van der Waals surface area (Å²) in [5.41, 5.74) is 0.901. The van der Waals surface area contributed by atoms with Gasteiger partial charge >= 0.3 is 0 Å². The van der Waals surface area contributed by atoms with E-state index in [9.17, 15) is 9.59 Å². The quantitative estimate of drug-likeness (QED) is 0.565. The van der Waals surface area contributed by atoms with Crippen molar-refractivity contribution < 1.29 is 14.3 Å². The van der Waals surface area contributed by atoms with E-state index in [4.69, 9.17) is 27.9 Å². The molecule has 0 radical (unpaired) electrons. The predicted octanol–water partition coefficient (Wildman–Crippen LogP) is 4.38. The summed E-state index contributed by atoms with van der Waals surface area (Å²) in [7, 11) is 0. The Hall–Kier alpha value is -2.04. The molecule has 2 aromatic carbocycles. The van der Waals surface area contributed by atoms with E-state index < -0.39 is 11.7 Å². The maximum Gasteiger partial charge on any atom is 0.299 e. The molecule has 0 atom stereocenters. The average molecular weight is 364 g/mol. The molecule has 0 N–H and O–H groups in total. The molecule has 3 rings (SSSR count). The first kappa shape index (κ1) is 16.8. The highest BCUT2D eigenvalue weighted by atomic mass is 35.5. The highest BCUT2D eigenvalue weighted by Gasteiger charge is 2.36. The molecule has 0 aliphatic carbocycles. The SMILES string of the molecule is O=C1C(=O)N(CCCCOc2ccc(Cl)cc2)c2c(Cl)cccc21. The number of halogens is 2. The number of ether oxygens (including phenoxy) is 1. The summed E-state index contributed by atoms with van der Waals surface area (Å²) in [6.45, 7) is 0.957. The summed E-state index contributed by atoms with van der Waals surface area (Å²) in [6, 6.07) is 12.1. The molecular formula is C18H15Cl2NO3. The van der Waals surface area contributed by atoms with Crippen molar-refractivity contribution in [2.75, 3.05) is 18.1 Å². The average Bonchev–Trinajstić information content (AvgIpc) is 2.82. The van der Waals surface area contributed by atoms with E-state index in [1.165, 1.54) is 4.90 Å². The number of Topliss-reactive ketones (excluding diaryl/α,β-unsaturated/α-hetero) is 1. The molecule has 1 aliphatic rings. The lowest BCUT2D eigenvalue weighted by Crippen LogP contribution is -2.31. The van der Waals surface area contributed by atoms with Crippen molar-refractivity contribution in [1.82, 2.24) is 0 Å². The van der Waals surface area contributed by atoms with Gasteiger partial charge in [0.2, 0.25) is 0 Å². The standard InChI is InChI=1S/C18H15Cl2NO3/c19-12-6-8-13(9-7-12)24-11-2-1-10-21-16-14(17(22)18(21)23)4-3-5-15(16)20/h3-9H,1-2,10-11H2. The largest absolute Gasteiger partial charge is 0.494 e. The van der Waals surface area contributed by atoms with E-state index in [1.54, 1.807) is 42.5 Å². The molecule has 1 heterocycles. The Labute approximate surface area is 149 Å². The molecular weight excluding hydrogens is 349 g/mol. The number of ketones is 1. The Morgan fingerprint density at radius 3 is 2.46 bits per heavy atom. The van der Waals surface area contributed by atoms with Gasteiger partial charge in [-0.05, 0) is 49.2 Å². The van der Waals surface area contributed by atoms with Crippen LogP contribution in [0.5, 0.6) is 5.75 Å². The molecule has 24 heavy (non-hydrogen) atoms. The first-order valence-corrected chi connectivity index (χ1v) is 8.36. The van der Waals surface area contributed by atoms with Crippen LogP contribution >= 0.6 is 23.2 Å². The Bertz CT molecular complexity index is 774. The lowest BCUT2D eigenvalue weighted by molar-refractivity contribution is -0.114. The number of hydrogen-bond donors (Lipinski definition) is 0. The molecule has 0 fully saturated rings. The van der Waals surface area contributed by atoms with Crippen molar-refractivity contribution in [2.45, 2.75) is 12.8 Å². The van der Waals surface area contributed by atoms with Crippen molar-refractivity contribution >= 4 is 40.6 Å². The zero-order valence-corrected chi connectivity index (χ0v) is 14.3. The van der Waals surface area contributed by atoms with Gasteiger partial charge in [0.1, 0.15) is 5.75 Å². The Morgan fingerprint density at radius 1 is 0.958 bits per heavy atom. The van der Waals surface area contributed by atoms with Gasteiger partial charge in [-0.25, -0.2) is 0 Å². The number of fused-ring (bicyclic) bond motifs is 1. The number of rotatable bonds is 6. The molecule has 6 heteroatoms. The normalized spacial score (nSPS) is 13.3. The fourth-order valence-electron chi connectivity index (χ4n) is 2.62. The zero-order valence-electron chi connectivity index (χ0n) is 12.8. The van der Waals surface area contributed by atoms with Gasteiger partial charge in [-0.1, -0.05) is 29.3 Å². The third-order valence-corrected chi connectivity index (χ3v) is 4.36. The number of hydrogen-bond acceptors (Lipinski definition) is 3. The van der Waals surface area contributed by atoms with Crippen LogP contribution in [0.15, 0.2) is 42.5 Å². The van der Waals surface area contributed by atoms with Crippen LogP contribution in [0.3, 0.4) is 0 Å². The van der Waals surface area contributed by atoms with Gasteiger partial charge in [0.05, 0.1) is 22.9 Å². The first-order chi connectivity index (χ1) is 11.6. The lowest BCUT2D eigenvalue weighted by atomic mass is 10.1. The lowest BCUT2D eigenvalue weighted by Gasteiger charge is -2.17. The summed E-state index contributed by atoms with van der Waals surface area (Å²) in [5.74, 6) is -0.262. The van der Waals surface area contributed by atoms with E-state index in [0.717, 1.165) is 12.2 Å². The van der Waals surface area contributed by atoms with Crippen LogP contribution in [0, 0.1) is 0 Å². The molecule has 0 bridgehead atoms. The van der Waals surface area contributed by atoms with E-state index >= 15 is 0 Å². The van der Waals surface area contributed by atoms with Crippen LogP contribution in [0.1, 0.15) is 23.2 Å². The van der Waals surface area contributed by atoms with E-state index in [-0.39, 0.29) is 0 Å². The van der Waals surface area contributed by atoms with Gasteiger partial charge in [-0.2, -0.15) is 0 Å². The second kappa shape index (κ2) is 7.24. The van der Waals surface area contributed by atoms with Gasteiger partial charge < -0.3 is 9.64 Å². The van der Waals surface area contributed by atoms with Gasteiger partial charge in [-0.3, -0.25) is 9.59 Å². The van der Waals surface area contributed by atoms with E-state index in [1.807, 2.05) is 0 Å². The Kier molecular flexibility index (Phi) is 5.07. The zero-order chi connectivity index (χ0) is 17.1. The van der Waals surface area contributed by atoms with Crippen LogP contribution in [0.25, 0.3) is 0 Å². The molecule has 2 aromatic rings. The number of unbranched alkanes of at least 4 members (excludes halogenated alkanes) is 1. The fourth-order valence-corrected chi connectivity index (χ4v) is 3.02. The third-order valence-electron chi connectivity index (χ3n) is 3.80. The number of anilines is 1. The molecule has 1 aliphatic heterocycles. The molecule has 4 nitrogen and oxygen atoms in total. The summed E-state index contributed by atoms with van der Waals surface area (Å²) in [6.07, 6.45) is 1.46. The minimum Gasteiger partial charge on any atom is -0.494 e. The predicted molar refractivity (Wildman–Crippen MR) is 94.3 cm³/mol. The maximum atomic E-state index is 12.1. The minimum absolute atomic E-state index is 0.380. The summed E-state index contributed by atoms with van der Waals surface area (Å²) < 4.78 is 5.61. The van der Waals surface area contributed by atoms with Crippen molar-refractivity contribution in [3.63, 3.8) is 0 Å². The number of nitrogens with zero attached hydrogens (tertiary/aromatic N) is 1. The summed E-state index contributed by atoms with van der Waals surface area (Å²) in [5, 5.41) is 1.08. The second-order valence-electron chi connectivity index (χ2n) is 5.43. The van der Waals surface area contributed by atoms with Gasteiger partial charge in [0, 0.05) is 11.6 Å². The molecule has 0 saturated carbocycles. The van der Waals surface area contributed by atoms with Gasteiger partial charge in [0.15, 0.2) is 0 Å². The number of benzene rings is 2. The molecule has 124 valence electrons. The number of para-hydroxylation sites is 1. The smallest absolute Gasteiger partial charge is 0.299 e. The van der Waals surface area contributed by atoms with Gasteiger partial charge in [0.25, 0.3) is 11.7 Å². The van der Waals surface area contributed by atoms with Crippen LogP contribution in [0.2, 0.25) is 10.0 Å². The minimum atomic E-state index is -0.517. The fraction of sp³-hybridized carbons (Fsp3) is 0.222. The van der Waals surface area contributed by atoms with Crippen LogP contribution in [-0.4, -0.2) is 24.8 Å². The Balaban J connectivity index is 1.53. The topological polar surface area (TPSA) is 46.6 Å². The number of amides is 1. The van der Waals surface area contributed by atoms with E-state index in [0.29, 0.717) is 40.9 Å². The second-order valence-corrected chi connectivity index (χ2v) is 6.28. The highest BCUT2D eigenvalue weighted by molar-refractivity contribution is 6.54. The molecule has 0 unspecified atom stereocenters. The van der Waals surface area contributed by atoms with Crippen LogP contribution in [0.4, 0.5) is 5.69 Å². The van der Waals surface area contributed by atoms with E-state index in [2.05, 4.69) is 0 Å². The summed E-state index contributed by atoms with van der Waals surface area (Å²) in [4.78, 5) is 25.5. The van der Waals surface area contributed by atoms with Crippen LogP contribution in [-0.2, 0) is 4.79 Å². The number of carbonyl (C=O) groups is 2. The molecule has 0 saturated heterocycles. The monoisotopic (exact) mass is 363 g/mol. The van der Waals surface area contributed by atoms with Gasteiger partial charge in [-0.15, -0.1) is 0 Å². The van der Waals surface area contributed by atoms with Crippen molar-refractivity contribution in [2.24, 2.45) is 0 Å². The highest BCUT2D eigenvalue weighted by Crippen LogP contribution is 2.35. The van der Waals surface area contributed by atoms with Crippen molar-refractivity contribution in [3.05, 3.63) is 58.1 Å². The first-order valence-electron chi connectivity index (χ1n) is 7.61. The van der Waals surface area contributed by atoms with Crippen molar-refractivity contribution in [1.29, 1.82) is 0 Å². The maximum absolute atomic E-state index is 12.1. The molecule has 1 amide bonds. The number of carbonyl (C=O) groups excluding carboxylic acids is 2. The molecule has 0 spiro atoms. The summed E-state index contributed by atoms with van der Waals surface area (Å²) >= 11 is 12.0. The Morgan fingerprint density at radius 2 is 1.71 bits per heavy atom.